The molecule has 0 saturated carbocycles. The van der Waals surface area contributed by atoms with Crippen molar-refractivity contribution in [3.05, 3.63) is 17.0 Å². The molecule has 0 aromatic carbocycles. The quantitative estimate of drug-likeness (QED) is 0.906. The van der Waals surface area contributed by atoms with Crippen molar-refractivity contribution in [2.75, 3.05) is 13.1 Å². The number of hydrogen-bond donors (Lipinski definition) is 1. The number of aryl methyl sites for hydroxylation is 1. The Bertz CT molecular complexity index is 495. The second-order valence-corrected chi connectivity index (χ2v) is 8.03. The van der Waals surface area contributed by atoms with E-state index in [0.29, 0.717) is 23.2 Å². The lowest BCUT2D eigenvalue weighted by Gasteiger charge is -2.19. The predicted molar refractivity (Wildman–Crippen MR) is 69.6 cm³/mol. The zero-order valence-corrected chi connectivity index (χ0v) is 11.7. The van der Waals surface area contributed by atoms with Crippen LogP contribution in [0.3, 0.4) is 0 Å². The van der Waals surface area contributed by atoms with E-state index in [2.05, 4.69) is 0 Å². The summed E-state index contributed by atoms with van der Waals surface area (Å²) in [5.74, 6) is 0.292. The molecule has 2 atom stereocenters. The third-order valence-electron chi connectivity index (χ3n) is 3.22. The SMILES string of the molecule is Cc1ccc(S(=O)(=O)N2CC(CN)CC2C)s1. The van der Waals surface area contributed by atoms with E-state index in [9.17, 15) is 8.42 Å². The fourth-order valence-corrected chi connectivity index (χ4v) is 5.41. The van der Waals surface area contributed by atoms with Gasteiger partial charge in [-0.05, 0) is 44.9 Å². The van der Waals surface area contributed by atoms with E-state index in [1.54, 1.807) is 10.4 Å². The normalized spacial score (nSPS) is 26.5. The van der Waals surface area contributed by atoms with Gasteiger partial charge in [-0.2, -0.15) is 4.31 Å². The Morgan fingerprint density at radius 3 is 2.71 bits per heavy atom. The predicted octanol–water partition coefficient (Wildman–Crippen LogP) is 1.41. The molecule has 1 aliphatic rings. The minimum atomic E-state index is -3.31. The van der Waals surface area contributed by atoms with E-state index in [0.717, 1.165) is 11.3 Å². The molecule has 2 unspecified atom stereocenters. The topological polar surface area (TPSA) is 63.4 Å². The van der Waals surface area contributed by atoms with Gasteiger partial charge in [-0.3, -0.25) is 0 Å². The molecule has 1 aromatic rings. The standard InChI is InChI=1S/C11H18N2O2S2/c1-8-5-10(6-12)7-13(8)17(14,15)11-4-3-9(2)16-11/h3-4,8,10H,5-7,12H2,1-2H3. The van der Waals surface area contributed by atoms with Gasteiger partial charge < -0.3 is 5.73 Å². The van der Waals surface area contributed by atoms with Gasteiger partial charge in [-0.15, -0.1) is 11.3 Å². The van der Waals surface area contributed by atoms with Crippen LogP contribution in [0.2, 0.25) is 0 Å². The molecule has 6 heteroatoms. The summed E-state index contributed by atoms with van der Waals surface area (Å²) in [6.07, 6.45) is 0.861. The maximum Gasteiger partial charge on any atom is 0.252 e. The molecular weight excluding hydrogens is 256 g/mol. The summed E-state index contributed by atoms with van der Waals surface area (Å²) in [5, 5.41) is 0. The van der Waals surface area contributed by atoms with Gasteiger partial charge in [0.15, 0.2) is 0 Å². The molecule has 1 aliphatic heterocycles. The minimum absolute atomic E-state index is 0.0518. The highest BCUT2D eigenvalue weighted by Crippen LogP contribution is 2.31. The van der Waals surface area contributed by atoms with Crippen molar-refractivity contribution in [1.29, 1.82) is 0 Å². The fraction of sp³-hybridized carbons (Fsp3) is 0.636. The second-order valence-electron chi connectivity index (χ2n) is 4.63. The van der Waals surface area contributed by atoms with Crippen LogP contribution in [0.15, 0.2) is 16.3 Å². The molecule has 0 amide bonds. The van der Waals surface area contributed by atoms with Gasteiger partial charge in [-0.1, -0.05) is 0 Å². The molecule has 2 heterocycles. The first kappa shape index (κ1) is 13.0. The fourth-order valence-electron chi connectivity index (χ4n) is 2.28. The van der Waals surface area contributed by atoms with Gasteiger partial charge in [0.05, 0.1) is 0 Å². The molecule has 4 nitrogen and oxygen atoms in total. The summed E-state index contributed by atoms with van der Waals surface area (Å²) in [7, 11) is -3.31. The second kappa shape index (κ2) is 4.68. The van der Waals surface area contributed by atoms with Crippen LogP contribution in [-0.4, -0.2) is 31.9 Å². The van der Waals surface area contributed by atoms with Crippen molar-refractivity contribution >= 4 is 21.4 Å². The number of thiophene rings is 1. The number of nitrogens with two attached hydrogens (primary N) is 1. The molecule has 0 aliphatic carbocycles. The van der Waals surface area contributed by atoms with Crippen molar-refractivity contribution < 1.29 is 8.42 Å². The molecule has 0 bridgehead atoms. The van der Waals surface area contributed by atoms with Crippen LogP contribution < -0.4 is 5.73 Å². The summed E-state index contributed by atoms with van der Waals surface area (Å²) < 4.78 is 26.9. The van der Waals surface area contributed by atoms with Crippen molar-refractivity contribution in [3.8, 4) is 0 Å². The highest BCUT2D eigenvalue weighted by Gasteiger charge is 2.37. The maximum atomic E-state index is 12.4. The third kappa shape index (κ3) is 2.40. The van der Waals surface area contributed by atoms with Crippen molar-refractivity contribution in [2.45, 2.75) is 30.5 Å². The number of hydrogen-bond acceptors (Lipinski definition) is 4. The molecule has 17 heavy (non-hydrogen) atoms. The van der Waals surface area contributed by atoms with Gasteiger partial charge in [-0.25, -0.2) is 8.42 Å². The molecule has 96 valence electrons. The van der Waals surface area contributed by atoms with Crippen LogP contribution in [0.25, 0.3) is 0 Å². The molecular formula is C11H18N2O2S2. The van der Waals surface area contributed by atoms with Crippen LogP contribution in [0, 0.1) is 12.8 Å². The number of rotatable bonds is 3. The number of nitrogens with zero attached hydrogens (tertiary/aromatic N) is 1. The molecule has 1 saturated heterocycles. The minimum Gasteiger partial charge on any atom is -0.330 e. The summed E-state index contributed by atoms with van der Waals surface area (Å²) in [6.45, 7) is 4.98. The van der Waals surface area contributed by atoms with Crippen LogP contribution >= 0.6 is 11.3 Å². The Kier molecular flexibility index (Phi) is 3.58. The maximum absolute atomic E-state index is 12.4. The summed E-state index contributed by atoms with van der Waals surface area (Å²) in [4.78, 5) is 1.02. The Morgan fingerprint density at radius 1 is 1.53 bits per heavy atom. The lowest BCUT2D eigenvalue weighted by molar-refractivity contribution is 0.406. The highest BCUT2D eigenvalue weighted by atomic mass is 32.2. The first-order valence-electron chi connectivity index (χ1n) is 5.73. The summed E-state index contributed by atoms with van der Waals surface area (Å²) in [6, 6.07) is 3.59. The third-order valence-corrected chi connectivity index (χ3v) is 6.66. The van der Waals surface area contributed by atoms with Gasteiger partial charge in [0.1, 0.15) is 4.21 Å². The average Bonchev–Trinajstić information content (AvgIpc) is 2.85. The Labute approximate surface area is 106 Å². The molecule has 2 rings (SSSR count). The van der Waals surface area contributed by atoms with Crippen molar-refractivity contribution in [3.63, 3.8) is 0 Å². The molecule has 1 fully saturated rings. The van der Waals surface area contributed by atoms with E-state index in [1.807, 2.05) is 19.9 Å². The molecule has 1 aromatic heterocycles. The Morgan fingerprint density at radius 2 is 2.24 bits per heavy atom. The zero-order valence-electron chi connectivity index (χ0n) is 10.1. The Hall–Kier alpha value is -0.430. The monoisotopic (exact) mass is 274 g/mol. The first-order chi connectivity index (χ1) is 7.95. The zero-order chi connectivity index (χ0) is 12.6. The van der Waals surface area contributed by atoms with Crippen LogP contribution in [0.4, 0.5) is 0 Å². The lowest BCUT2D eigenvalue weighted by atomic mass is 10.1. The van der Waals surface area contributed by atoms with E-state index in [-0.39, 0.29) is 6.04 Å². The van der Waals surface area contributed by atoms with E-state index in [1.165, 1.54) is 11.3 Å². The van der Waals surface area contributed by atoms with Crippen LogP contribution in [0.1, 0.15) is 18.2 Å². The van der Waals surface area contributed by atoms with Crippen LogP contribution in [0.5, 0.6) is 0 Å². The van der Waals surface area contributed by atoms with E-state index >= 15 is 0 Å². The molecule has 0 radical (unpaired) electrons. The molecule has 0 spiro atoms. The first-order valence-corrected chi connectivity index (χ1v) is 7.99. The van der Waals surface area contributed by atoms with Gasteiger partial charge in [0.25, 0.3) is 10.0 Å². The van der Waals surface area contributed by atoms with Crippen molar-refractivity contribution in [2.24, 2.45) is 11.7 Å². The van der Waals surface area contributed by atoms with Crippen molar-refractivity contribution in [1.82, 2.24) is 4.31 Å². The van der Waals surface area contributed by atoms with E-state index in [4.69, 9.17) is 5.73 Å². The molecule has 2 N–H and O–H groups in total. The largest absolute Gasteiger partial charge is 0.330 e. The Balaban J connectivity index is 2.28. The summed E-state index contributed by atoms with van der Waals surface area (Å²) >= 11 is 1.33. The number of sulfonamides is 1. The lowest BCUT2D eigenvalue weighted by Crippen LogP contribution is -2.34. The highest BCUT2D eigenvalue weighted by molar-refractivity contribution is 7.91. The van der Waals surface area contributed by atoms with Gasteiger partial charge >= 0.3 is 0 Å². The van der Waals surface area contributed by atoms with Gasteiger partial charge in [0, 0.05) is 17.5 Å². The van der Waals surface area contributed by atoms with Gasteiger partial charge in [0.2, 0.25) is 0 Å². The average molecular weight is 274 g/mol. The van der Waals surface area contributed by atoms with Crippen LogP contribution in [-0.2, 0) is 10.0 Å². The smallest absolute Gasteiger partial charge is 0.252 e. The van der Waals surface area contributed by atoms with E-state index < -0.39 is 10.0 Å². The summed E-state index contributed by atoms with van der Waals surface area (Å²) in [5.41, 5.74) is 5.63.